The number of benzene rings is 1. The summed E-state index contributed by atoms with van der Waals surface area (Å²) < 4.78 is 16.0. The van der Waals surface area contributed by atoms with Gasteiger partial charge in [-0.05, 0) is 49.3 Å². The van der Waals surface area contributed by atoms with Gasteiger partial charge in [0.2, 0.25) is 11.8 Å². The van der Waals surface area contributed by atoms with Gasteiger partial charge < -0.3 is 13.9 Å². The number of nitrogens with one attached hydrogen (secondary N) is 1. The largest absolute Gasteiger partial charge is 0.497 e. The normalized spacial score (nSPS) is 16.8. The van der Waals surface area contributed by atoms with Crippen molar-refractivity contribution in [3.8, 4) is 5.75 Å². The highest BCUT2D eigenvalue weighted by Crippen LogP contribution is 2.28. The van der Waals surface area contributed by atoms with E-state index in [0.29, 0.717) is 18.9 Å². The van der Waals surface area contributed by atoms with Crippen molar-refractivity contribution in [2.45, 2.75) is 36.7 Å². The minimum atomic E-state index is -0.140. The smallest absolute Gasteiger partial charge is 0.322 e. The number of rotatable bonds is 8. The van der Waals surface area contributed by atoms with Gasteiger partial charge in [-0.25, -0.2) is 0 Å². The van der Waals surface area contributed by atoms with E-state index in [9.17, 15) is 4.79 Å². The van der Waals surface area contributed by atoms with Crippen LogP contribution in [0.2, 0.25) is 0 Å². The molecular weight excluding hydrogens is 342 g/mol. The quantitative estimate of drug-likeness (QED) is 0.568. The first-order valence-corrected chi connectivity index (χ1v) is 9.25. The molecule has 2 heterocycles. The Kier molecular flexibility index (Phi) is 6.30. The van der Waals surface area contributed by atoms with Crippen molar-refractivity contribution >= 4 is 23.7 Å². The fourth-order valence-corrected chi connectivity index (χ4v) is 3.32. The summed E-state index contributed by atoms with van der Waals surface area (Å²) in [6.45, 7) is 0.709. The Morgan fingerprint density at radius 1 is 1.36 bits per heavy atom. The van der Waals surface area contributed by atoms with Crippen LogP contribution in [-0.4, -0.2) is 35.6 Å². The Morgan fingerprint density at radius 3 is 2.92 bits per heavy atom. The van der Waals surface area contributed by atoms with Gasteiger partial charge in [0.1, 0.15) is 11.9 Å². The lowest BCUT2D eigenvalue weighted by Crippen LogP contribution is -2.11. The van der Waals surface area contributed by atoms with Crippen molar-refractivity contribution in [3.05, 3.63) is 30.2 Å². The summed E-state index contributed by atoms with van der Waals surface area (Å²) in [5.74, 6) is 2.00. The molecule has 0 bridgehead atoms. The number of nitrogens with zero attached hydrogens (tertiary/aromatic N) is 2. The second-order valence-electron chi connectivity index (χ2n) is 5.62. The molecule has 1 aliphatic rings. The third-order valence-electron chi connectivity index (χ3n) is 3.77. The highest BCUT2D eigenvalue weighted by molar-refractivity contribution is 7.99. The highest BCUT2D eigenvalue weighted by atomic mass is 32.2. The molecule has 134 valence electrons. The number of carbonyl (C=O) groups is 1. The van der Waals surface area contributed by atoms with Crippen molar-refractivity contribution in [2.24, 2.45) is 0 Å². The molecule has 1 atom stereocenters. The van der Waals surface area contributed by atoms with Crippen LogP contribution >= 0.6 is 11.8 Å². The Balaban J connectivity index is 1.36. The second kappa shape index (κ2) is 8.87. The molecule has 1 fully saturated rings. The van der Waals surface area contributed by atoms with Crippen LogP contribution in [0.1, 0.15) is 37.7 Å². The van der Waals surface area contributed by atoms with Crippen molar-refractivity contribution in [2.75, 3.05) is 24.8 Å². The predicted molar refractivity (Wildman–Crippen MR) is 93.8 cm³/mol. The van der Waals surface area contributed by atoms with Crippen LogP contribution in [-0.2, 0) is 9.53 Å². The third-order valence-corrected chi connectivity index (χ3v) is 4.87. The summed E-state index contributed by atoms with van der Waals surface area (Å²) >= 11 is 1.71. The molecule has 0 spiro atoms. The standard InChI is InChI=1S/C17H21N3O4S/c1-22-12-6-8-13(9-7-12)25-11-3-5-15(21)18-17-20-19-16(24-17)14-4-2-10-23-14/h6-9,14H,2-5,10-11H2,1H3,(H,18,20,21). The number of anilines is 1. The van der Waals surface area contributed by atoms with Gasteiger partial charge in [-0.3, -0.25) is 10.1 Å². The third kappa shape index (κ3) is 5.20. The molecule has 0 radical (unpaired) electrons. The Hall–Kier alpha value is -2.06. The molecule has 1 amide bonds. The summed E-state index contributed by atoms with van der Waals surface area (Å²) in [5.41, 5.74) is 0. The van der Waals surface area contributed by atoms with E-state index in [0.717, 1.165) is 35.7 Å². The molecular formula is C17H21N3O4S. The highest BCUT2D eigenvalue weighted by Gasteiger charge is 2.23. The van der Waals surface area contributed by atoms with Gasteiger partial charge in [-0.1, -0.05) is 5.10 Å². The Bertz CT molecular complexity index is 683. The van der Waals surface area contributed by atoms with E-state index in [1.54, 1.807) is 18.9 Å². The fraction of sp³-hybridized carbons (Fsp3) is 0.471. The van der Waals surface area contributed by atoms with Gasteiger partial charge in [0.15, 0.2) is 0 Å². The first-order valence-electron chi connectivity index (χ1n) is 8.26. The van der Waals surface area contributed by atoms with Gasteiger partial charge in [-0.15, -0.1) is 16.9 Å². The number of ether oxygens (including phenoxy) is 2. The zero-order valence-corrected chi connectivity index (χ0v) is 14.9. The lowest BCUT2D eigenvalue weighted by molar-refractivity contribution is -0.116. The number of hydrogen-bond acceptors (Lipinski definition) is 7. The Labute approximate surface area is 150 Å². The minimum absolute atomic E-state index is 0.127. The van der Waals surface area contributed by atoms with Gasteiger partial charge in [0.25, 0.3) is 0 Å². The molecule has 1 aromatic heterocycles. The van der Waals surface area contributed by atoms with Gasteiger partial charge in [-0.2, -0.15) is 0 Å². The number of carbonyl (C=O) groups excluding carboxylic acids is 1. The number of hydrogen-bond donors (Lipinski definition) is 1. The topological polar surface area (TPSA) is 86.5 Å². The van der Waals surface area contributed by atoms with E-state index in [2.05, 4.69) is 15.5 Å². The van der Waals surface area contributed by atoms with Gasteiger partial charge >= 0.3 is 6.01 Å². The first-order chi connectivity index (χ1) is 12.2. The summed E-state index contributed by atoms with van der Waals surface area (Å²) in [6, 6.07) is 8.01. The number of amides is 1. The van der Waals surface area contributed by atoms with Crippen molar-refractivity contribution < 1.29 is 18.7 Å². The van der Waals surface area contributed by atoms with Gasteiger partial charge in [0.05, 0.1) is 7.11 Å². The van der Waals surface area contributed by atoms with E-state index >= 15 is 0 Å². The molecule has 1 aromatic carbocycles. The van der Waals surface area contributed by atoms with Crippen LogP contribution in [0.4, 0.5) is 6.01 Å². The molecule has 1 saturated heterocycles. The summed E-state index contributed by atoms with van der Waals surface area (Å²) in [5, 5.41) is 10.4. The van der Waals surface area contributed by atoms with E-state index in [1.807, 2.05) is 24.3 Å². The van der Waals surface area contributed by atoms with Crippen LogP contribution < -0.4 is 10.1 Å². The Morgan fingerprint density at radius 2 is 2.20 bits per heavy atom. The van der Waals surface area contributed by atoms with E-state index in [1.165, 1.54) is 0 Å². The average Bonchev–Trinajstić information content (AvgIpc) is 3.31. The van der Waals surface area contributed by atoms with Crippen LogP contribution in [0, 0.1) is 0 Å². The molecule has 1 unspecified atom stereocenters. The zero-order valence-electron chi connectivity index (χ0n) is 14.1. The fourth-order valence-electron chi connectivity index (χ4n) is 2.46. The summed E-state index contributed by atoms with van der Waals surface area (Å²) in [4.78, 5) is 13.1. The SMILES string of the molecule is COc1ccc(SCCCC(=O)Nc2nnc(C3CCCO3)o2)cc1. The average molecular weight is 363 g/mol. The van der Waals surface area contributed by atoms with Crippen molar-refractivity contribution in [1.82, 2.24) is 10.2 Å². The van der Waals surface area contributed by atoms with Crippen molar-refractivity contribution in [3.63, 3.8) is 0 Å². The molecule has 7 nitrogen and oxygen atoms in total. The van der Waals surface area contributed by atoms with E-state index < -0.39 is 0 Å². The van der Waals surface area contributed by atoms with Gasteiger partial charge in [0, 0.05) is 17.9 Å². The predicted octanol–water partition coefficient (Wildman–Crippen LogP) is 3.44. The molecule has 1 N–H and O–H groups in total. The molecule has 0 aliphatic carbocycles. The summed E-state index contributed by atoms with van der Waals surface area (Å²) in [6.07, 6.45) is 2.88. The number of aromatic nitrogens is 2. The zero-order chi connectivity index (χ0) is 17.5. The second-order valence-corrected chi connectivity index (χ2v) is 6.79. The molecule has 2 aromatic rings. The molecule has 25 heavy (non-hydrogen) atoms. The number of thioether (sulfide) groups is 1. The first kappa shape index (κ1) is 17.8. The molecule has 8 heteroatoms. The monoisotopic (exact) mass is 363 g/mol. The molecule has 3 rings (SSSR count). The number of methoxy groups -OCH3 is 1. The lowest BCUT2D eigenvalue weighted by Gasteiger charge is -2.04. The van der Waals surface area contributed by atoms with E-state index in [4.69, 9.17) is 13.9 Å². The van der Waals surface area contributed by atoms with Crippen LogP contribution in [0.5, 0.6) is 5.75 Å². The van der Waals surface area contributed by atoms with Crippen LogP contribution in [0.3, 0.4) is 0 Å². The van der Waals surface area contributed by atoms with Crippen LogP contribution in [0.25, 0.3) is 0 Å². The summed E-state index contributed by atoms with van der Waals surface area (Å²) in [7, 11) is 1.65. The minimum Gasteiger partial charge on any atom is -0.497 e. The molecule has 1 aliphatic heterocycles. The van der Waals surface area contributed by atoms with E-state index in [-0.39, 0.29) is 18.0 Å². The maximum absolute atomic E-state index is 11.9. The van der Waals surface area contributed by atoms with Crippen molar-refractivity contribution in [1.29, 1.82) is 0 Å². The lowest BCUT2D eigenvalue weighted by atomic mass is 10.2. The molecule has 0 saturated carbocycles. The van der Waals surface area contributed by atoms with Crippen LogP contribution in [0.15, 0.2) is 33.6 Å². The maximum Gasteiger partial charge on any atom is 0.322 e. The maximum atomic E-state index is 11.9.